The predicted molar refractivity (Wildman–Crippen MR) is 75.4 cm³/mol. The zero-order valence-corrected chi connectivity index (χ0v) is 12.4. The highest BCUT2D eigenvalue weighted by atomic mass is 35.5. The molecule has 0 fully saturated rings. The normalized spacial score (nSPS) is 18.1. The predicted octanol–water partition coefficient (Wildman–Crippen LogP) is 3.22. The maximum absolute atomic E-state index is 10.6. The summed E-state index contributed by atoms with van der Waals surface area (Å²) in [5.74, 6) is -0.886. The van der Waals surface area contributed by atoms with Gasteiger partial charge in [0.25, 0.3) is 0 Å². The third-order valence-electron chi connectivity index (χ3n) is 3.22. The van der Waals surface area contributed by atoms with Crippen LogP contribution in [0.3, 0.4) is 0 Å². The average Bonchev–Trinajstić information content (AvgIpc) is 2.61. The molecule has 0 amide bonds. The second kappa shape index (κ2) is 5.14. The molecule has 0 heterocycles. The first kappa shape index (κ1) is 14.9. The third-order valence-corrected chi connectivity index (χ3v) is 4.07. The topological polar surface area (TPSA) is 79.1 Å². The van der Waals surface area contributed by atoms with Crippen LogP contribution >= 0.6 is 23.2 Å². The first-order chi connectivity index (χ1) is 9.27. The number of fused-ring (bicyclic) bond motifs is 1. The van der Waals surface area contributed by atoms with Crippen LogP contribution in [0.15, 0.2) is 11.2 Å². The summed E-state index contributed by atoms with van der Waals surface area (Å²) in [6.45, 7) is 3.34. The quantitative estimate of drug-likeness (QED) is 0.662. The standard InChI is InChI=1S/C13H13Cl2NO4/c1-13(2)4-6-3-7(20-5-8(17)18)10(14)11(15)9(6)12(13)16-19/h3,19H,4-5H2,1-2H3,(H,17,18). The van der Waals surface area contributed by atoms with Gasteiger partial charge in [0.15, 0.2) is 6.61 Å². The molecule has 20 heavy (non-hydrogen) atoms. The van der Waals surface area contributed by atoms with E-state index in [-0.39, 0.29) is 21.2 Å². The van der Waals surface area contributed by atoms with Crippen molar-refractivity contribution in [2.75, 3.05) is 6.61 Å². The lowest BCUT2D eigenvalue weighted by Gasteiger charge is -2.16. The molecular formula is C13H13Cl2NO4. The Balaban J connectivity index is 2.51. The molecular weight excluding hydrogens is 305 g/mol. The first-order valence-electron chi connectivity index (χ1n) is 5.86. The molecule has 1 aromatic rings. The lowest BCUT2D eigenvalue weighted by atomic mass is 9.88. The average molecular weight is 318 g/mol. The third kappa shape index (κ3) is 2.43. The van der Waals surface area contributed by atoms with Gasteiger partial charge in [-0.1, -0.05) is 42.2 Å². The van der Waals surface area contributed by atoms with Gasteiger partial charge in [-0.3, -0.25) is 0 Å². The Morgan fingerprint density at radius 3 is 2.65 bits per heavy atom. The van der Waals surface area contributed by atoms with Gasteiger partial charge < -0.3 is 15.1 Å². The number of carboxylic acids is 1. The van der Waals surface area contributed by atoms with E-state index in [1.807, 2.05) is 13.8 Å². The summed E-state index contributed by atoms with van der Waals surface area (Å²) in [7, 11) is 0. The van der Waals surface area contributed by atoms with E-state index in [1.54, 1.807) is 6.07 Å². The van der Waals surface area contributed by atoms with Crippen molar-refractivity contribution in [3.8, 4) is 5.75 Å². The van der Waals surface area contributed by atoms with Crippen molar-refractivity contribution in [2.45, 2.75) is 20.3 Å². The maximum Gasteiger partial charge on any atom is 0.341 e. The number of hydrogen-bond donors (Lipinski definition) is 2. The van der Waals surface area contributed by atoms with Crippen LogP contribution in [0.5, 0.6) is 5.75 Å². The fraction of sp³-hybridized carbons (Fsp3) is 0.385. The summed E-state index contributed by atoms with van der Waals surface area (Å²) in [6, 6.07) is 1.65. The summed E-state index contributed by atoms with van der Waals surface area (Å²) in [4.78, 5) is 10.6. The molecule has 7 heteroatoms. The van der Waals surface area contributed by atoms with E-state index in [2.05, 4.69) is 5.16 Å². The molecule has 0 saturated heterocycles. The van der Waals surface area contributed by atoms with E-state index >= 15 is 0 Å². The van der Waals surface area contributed by atoms with Gasteiger partial charge in [0.05, 0.1) is 10.7 Å². The number of benzene rings is 1. The number of halogens is 2. The Bertz CT molecular complexity index is 611. The Hall–Kier alpha value is -1.46. The van der Waals surface area contributed by atoms with E-state index in [0.29, 0.717) is 17.7 Å². The lowest BCUT2D eigenvalue weighted by Crippen LogP contribution is -2.20. The van der Waals surface area contributed by atoms with Crippen molar-refractivity contribution in [1.82, 2.24) is 0 Å². The summed E-state index contributed by atoms with van der Waals surface area (Å²) < 4.78 is 5.12. The van der Waals surface area contributed by atoms with Gasteiger partial charge in [-0.25, -0.2) is 4.79 Å². The van der Waals surface area contributed by atoms with Crippen LogP contribution in [0.2, 0.25) is 10.0 Å². The van der Waals surface area contributed by atoms with Gasteiger partial charge in [-0.2, -0.15) is 0 Å². The summed E-state index contributed by atoms with van der Waals surface area (Å²) in [5.41, 5.74) is 1.49. The monoisotopic (exact) mass is 317 g/mol. The molecule has 1 aromatic carbocycles. The largest absolute Gasteiger partial charge is 0.480 e. The molecule has 0 atom stereocenters. The van der Waals surface area contributed by atoms with Crippen molar-refractivity contribution in [3.05, 3.63) is 27.2 Å². The smallest absolute Gasteiger partial charge is 0.341 e. The number of aliphatic carboxylic acids is 1. The van der Waals surface area contributed by atoms with Crippen LogP contribution < -0.4 is 4.74 Å². The van der Waals surface area contributed by atoms with Crippen molar-refractivity contribution in [2.24, 2.45) is 10.6 Å². The van der Waals surface area contributed by atoms with E-state index in [1.165, 1.54) is 0 Å². The fourth-order valence-corrected chi connectivity index (χ4v) is 2.88. The fourth-order valence-electron chi connectivity index (χ4n) is 2.38. The molecule has 1 aliphatic carbocycles. The molecule has 0 saturated carbocycles. The SMILES string of the molecule is CC1(C)Cc2cc(OCC(=O)O)c(Cl)c(Cl)c2C1=NO. The van der Waals surface area contributed by atoms with Gasteiger partial charge in [0.1, 0.15) is 10.8 Å². The minimum atomic E-state index is -1.10. The van der Waals surface area contributed by atoms with E-state index in [4.69, 9.17) is 33.0 Å². The second-order valence-electron chi connectivity index (χ2n) is 5.23. The van der Waals surface area contributed by atoms with Gasteiger partial charge in [-0.15, -0.1) is 0 Å². The molecule has 0 bridgehead atoms. The zero-order valence-electron chi connectivity index (χ0n) is 10.9. The van der Waals surface area contributed by atoms with Crippen LogP contribution in [0.1, 0.15) is 25.0 Å². The van der Waals surface area contributed by atoms with Crippen LogP contribution in [-0.4, -0.2) is 28.6 Å². The molecule has 2 rings (SSSR count). The van der Waals surface area contributed by atoms with Crippen molar-refractivity contribution in [1.29, 1.82) is 0 Å². The van der Waals surface area contributed by atoms with Gasteiger partial charge in [-0.05, 0) is 18.1 Å². The molecule has 0 unspecified atom stereocenters. The lowest BCUT2D eigenvalue weighted by molar-refractivity contribution is -0.139. The number of carbonyl (C=O) groups is 1. The van der Waals surface area contributed by atoms with Crippen molar-refractivity contribution < 1.29 is 19.8 Å². The Labute approximate surface area is 125 Å². The van der Waals surface area contributed by atoms with Crippen molar-refractivity contribution >= 4 is 34.9 Å². The Kier molecular flexibility index (Phi) is 3.84. The zero-order chi connectivity index (χ0) is 15.1. The number of oxime groups is 1. The number of hydrogen-bond acceptors (Lipinski definition) is 4. The van der Waals surface area contributed by atoms with Gasteiger partial charge in [0, 0.05) is 11.0 Å². The van der Waals surface area contributed by atoms with E-state index in [0.717, 1.165) is 5.56 Å². The maximum atomic E-state index is 10.6. The minimum absolute atomic E-state index is 0.116. The molecule has 0 spiro atoms. The minimum Gasteiger partial charge on any atom is -0.480 e. The number of carboxylic acid groups (broad SMARTS) is 1. The highest BCUT2D eigenvalue weighted by molar-refractivity contribution is 6.45. The van der Waals surface area contributed by atoms with E-state index in [9.17, 15) is 10.0 Å². The van der Waals surface area contributed by atoms with Crippen LogP contribution in [0.25, 0.3) is 0 Å². The molecule has 5 nitrogen and oxygen atoms in total. The summed E-state index contributed by atoms with van der Waals surface area (Å²) >= 11 is 12.3. The summed E-state index contributed by atoms with van der Waals surface area (Å²) in [5, 5.41) is 21.5. The molecule has 2 N–H and O–H groups in total. The van der Waals surface area contributed by atoms with Crippen LogP contribution in [0.4, 0.5) is 0 Å². The highest BCUT2D eigenvalue weighted by Gasteiger charge is 2.39. The van der Waals surface area contributed by atoms with Gasteiger partial charge in [0.2, 0.25) is 0 Å². The Morgan fingerprint density at radius 1 is 1.45 bits per heavy atom. The molecule has 1 aliphatic rings. The number of rotatable bonds is 3. The molecule has 108 valence electrons. The van der Waals surface area contributed by atoms with Crippen LogP contribution in [0, 0.1) is 5.41 Å². The molecule has 0 aliphatic heterocycles. The molecule has 0 aromatic heterocycles. The molecule has 0 radical (unpaired) electrons. The number of ether oxygens (including phenoxy) is 1. The van der Waals surface area contributed by atoms with Crippen molar-refractivity contribution in [3.63, 3.8) is 0 Å². The van der Waals surface area contributed by atoms with Gasteiger partial charge >= 0.3 is 5.97 Å². The van der Waals surface area contributed by atoms with E-state index < -0.39 is 12.6 Å². The Morgan fingerprint density at radius 2 is 2.10 bits per heavy atom. The van der Waals surface area contributed by atoms with Crippen LogP contribution in [-0.2, 0) is 11.2 Å². The second-order valence-corrected chi connectivity index (χ2v) is 5.98. The highest BCUT2D eigenvalue weighted by Crippen LogP contribution is 2.46. The number of nitrogens with zero attached hydrogens (tertiary/aromatic N) is 1. The first-order valence-corrected chi connectivity index (χ1v) is 6.62. The summed E-state index contributed by atoms with van der Waals surface area (Å²) in [6.07, 6.45) is 0.599.